The summed E-state index contributed by atoms with van der Waals surface area (Å²) in [5.41, 5.74) is 0.723. The molecule has 1 aromatic carbocycles. The number of carbonyl (C=O) groups excluding carboxylic acids is 2. The van der Waals surface area contributed by atoms with E-state index in [1.807, 2.05) is 39.8 Å². The van der Waals surface area contributed by atoms with Gasteiger partial charge in [0.25, 0.3) is 0 Å². The molecule has 9 heteroatoms. The number of nitrogens with one attached hydrogen (secondary N) is 2. The normalized spacial score (nSPS) is 23.5. The third kappa shape index (κ3) is 4.62. The first-order valence-electron chi connectivity index (χ1n) is 9.75. The van der Waals surface area contributed by atoms with Crippen molar-refractivity contribution in [3.63, 3.8) is 0 Å². The maximum Gasteiger partial charge on any atom is 0.494 e. The number of amides is 2. The van der Waals surface area contributed by atoms with Crippen molar-refractivity contribution in [2.24, 2.45) is 0 Å². The van der Waals surface area contributed by atoms with Gasteiger partial charge in [0, 0.05) is 12.8 Å². The molecule has 0 aliphatic carbocycles. The molecule has 0 radical (unpaired) electrons. The SMILES string of the molecule is CC1(C)OB(c2ccc(C[C@@H](NC(=O)[C@H]3CCC(=O)N3)C(=O)O)cc2)OC1(C)C. The monoisotopic (exact) mass is 402 g/mol. The minimum Gasteiger partial charge on any atom is -0.480 e. The lowest BCUT2D eigenvalue weighted by atomic mass is 9.78. The fraction of sp³-hybridized carbons (Fsp3) is 0.550. The molecule has 8 nitrogen and oxygen atoms in total. The van der Waals surface area contributed by atoms with Gasteiger partial charge in [0.2, 0.25) is 11.8 Å². The van der Waals surface area contributed by atoms with Gasteiger partial charge in [-0.1, -0.05) is 24.3 Å². The Hall–Kier alpha value is -2.39. The summed E-state index contributed by atoms with van der Waals surface area (Å²) >= 11 is 0. The summed E-state index contributed by atoms with van der Waals surface area (Å²) in [7, 11) is -0.491. The van der Waals surface area contributed by atoms with E-state index in [1.54, 1.807) is 12.1 Å². The Morgan fingerprint density at radius 2 is 1.79 bits per heavy atom. The fourth-order valence-corrected chi connectivity index (χ4v) is 3.31. The van der Waals surface area contributed by atoms with Gasteiger partial charge in [-0.2, -0.15) is 0 Å². The van der Waals surface area contributed by atoms with Crippen molar-refractivity contribution in [3.05, 3.63) is 29.8 Å². The smallest absolute Gasteiger partial charge is 0.480 e. The van der Waals surface area contributed by atoms with Gasteiger partial charge in [-0.25, -0.2) is 4.79 Å². The van der Waals surface area contributed by atoms with Gasteiger partial charge in [-0.05, 0) is 45.1 Å². The second-order valence-electron chi connectivity index (χ2n) is 8.59. The average Bonchev–Trinajstić information content (AvgIpc) is 3.15. The average molecular weight is 402 g/mol. The Bertz CT molecular complexity index is 792. The number of rotatable bonds is 6. The van der Waals surface area contributed by atoms with Crippen LogP contribution < -0.4 is 16.1 Å². The number of hydrogen-bond acceptors (Lipinski definition) is 5. The van der Waals surface area contributed by atoms with E-state index in [-0.39, 0.29) is 18.7 Å². The summed E-state index contributed by atoms with van der Waals surface area (Å²) in [5.74, 6) is -1.80. The molecule has 2 fully saturated rings. The highest BCUT2D eigenvalue weighted by Gasteiger charge is 2.51. The minimum absolute atomic E-state index is 0.130. The first-order valence-corrected chi connectivity index (χ1v) is 9.75. The van der Waals surface area contributed by atoms with Crippen molar-refractivity contribution in [3.8, 4) is 0 Å². The Morgan fingerprint density at radius 1 is 1.21 bits per heavy atom. The molecule has 3 N–H and O–H groups in total. The molecule has 2 aliphatic heterocycles. The molecule has 2 amide bonds. The van der Waals surface area contributed by atoms with E-state index in [1.165, 1.54) is 0 Å². The number of aliphatic carboxylic acids is 1. The lowest BCUT2D eigenvalue weighted by molar-refractivity contribution is -0.142. The summed E-state index contributed by atoms with van der Waals surface area (Å²) in [4.78, 5) is 35.1. The Balaban J connectivity index is 1.63. The largest absolute Gasteiger partial charge is 0.494 e. The summed E-state index contributed by atoms with van der Waals surface area (Å²) < 4.78 is 12.0. The van der Waals surface area contributed by atoms with E-state index in [4.69, 9.17) is 9.31 Å². The Labute approximate surface area is 170 Å². The third-order valence-electron chi connectivity index (χ3n) is 5.87. The second-order valence-corrected chi connectivity index (χ2v) is 8.59. The zero-order valence-electron chi connectivity index (χ0n) is 17.2. The molecule has 0 aromatic heterocycles. The predicted octanol–water partition coefficient (Wildman–Crippen LogP) is 0.376. The van der Waals surface area contributed by atoms with Crippen LogP contribution in [0.25, 0.3) is 0 Å². The van der Waals surface area contributed by atoms with Crippen molar-refractivity contribution in [1.82, 2.24) is 10.6 Å². The fourth-order valence-electron chi connectivity index (χ4n) is 3.31. The number of benzene rings is 1. The highest BCUT2D eigenvalue weighted by molar-refractivity contribution is 6.62. The van der Waals surface area contributed by atoms with Gasteiger partial charge in [0.1, 0.15) is 12.1 Å². The molecule has 2 saturated heterocycles. The molecular weight excluding hydrogens is 375 g/mol. The molecule has 1 aromatic rings. The summed E-state index contributed by atoms with van der Waals surface area (Å²) in [6.07, 6.45) is 0.779. The zero-order chi connectivity index (χ0) is 21.4. The first kappa shape index (κ1) is 21.3. The molecule has 29 heavy (non-hydrogen) atoms. The lowest BCUT2D eigenvalue weighted by Gasteiger charge is -2.32. The Kier molecular flexibility index (Phi) is 5.73. The number of carbonyl (C=O) groups is 3. The van der Waals surface area contributed by atoms with Crippen LogP contribution in [0.3, 0.4) is 0 Å². The van der Waals surface area contributed by atoms with Crippen LogP contribution in [-0.2, 0) is 30.1 Å². The van der Waals surface area contributed by atoms with Crippen molar-refractivity contribution in [2.45, 2.75) is 70.2 Å². The van der Waals surface area contributed by atoms with Crippen molar-refractivity contribution in [2.75, 3.05) is 0 Å². The van der Waals surface area contributed by atoms with E-state index in [0.29, 0.717) is 6.42 Å². The van der Waals surface area contributed by atoms with Crippen molar-refractivity contribution >= 4 is 30.4 Å². The number of carboxylic acid groups (broad SMARTS) is 1. The van der Waals surface area contributed by atoms with Gasteiger partial charge < -0.3 is 25.0 Å². The topological polar surface area (TPSA) is 114 Å². The molecule has 0 unspecified atom stereocenters. The van der Waals surface area contributed by atoms with E-state index < -0.39 is 42.3 Å². The van der Waals surface area contributed by atoms with Gasteiger partial charge in [0.15, 0.2) is 0 Å². The van der Waals surface area contributed by atoms with Gasteiger partial charge in [-0.15, -0.1) is 0 Å². The highest BCUT2D eigenvalue weighted by atomic mass is 16.7. The first-order chi connectivity index (χ1) is 13.5. The van der Waals surface area contributed by atoms with Crippen LogP contribution in [0.5, 0.6) is 0 Å². The van der Waals surface area contributed by atoms with Crippen LogP contribution >= 0.6 is 0 Å². The van der Waals surface area contributed by atoms with E-state index in [9.17, 15) is 19.5 Å². The van der Waals surface area contributed by atoms with Gasteiger partial charge >= 0.3 is 13.1 Å². The molecule has 0 saturated carbocycles. The highest BCUT2D eigenvalue weighted by Crippen LogP contribution is 2.36. The van der Waals surface area contributed by atoms with Crippen LogP contribution in [-0.4, -0.2) is 53.3 Å². The Morgan fingerprint density at radius 3 is 2.28 bits per heavy atom. The quantitative estimate of drug-likeness (QED) is 0.593. The van der Waals surface area contributed by atoms with Crippen LogP contribution in [0.2, 0.25) is 0 Å². The molecule has 0 spiro atoms. The van der Waals surface area contributed by atoms with Gasteiger partial charge in [0.05, 0.1) is 11.2 Å². The lowest BCUT2D eigenvalue weighted by Crippen LogP contribution is -2.49. The predicted molar refractivity (Wildman–Crippen MR) is 107 cm³/mol. The van der Waals surface area contributed by atoms with E-state index in [2.05, 4.69) is 10.6 Å². The second kappa shape index (κ2) is 7.80. The minimum atomic E-state index is -1.13. The maximum atomic E-state index is 12.2. The van der Waals surface area contributed by atoms with E-state index >= 15 is 0 Å². The molecular formula is C20H27BN2O6. The van der Waals surface area contributed by atoms with Crippen LogP contribution in [0.15, 0.2) is 24.3 Å². The standard InChI is InChI=1S/C20H27BN2O6/c1-19(2)20(3,4)29-21(28-19)13-7-5-12(6-8-13)11-15(18(26)27)23-17(25)14-9-10-16(24)22-14/h5-8,14-15H,9-11H2,1-4H3,(H,22,24)(H,23,25)(H,26,27)/t14-,15-/m1/s1. The van der Waals surface area contributed by atoms with Gasteiger partial charge in [-0.3, -0.25) is 9.59 Å². The molecule has 2 aliphatic rings. The number of hydrogen-bond donors (Lipinski definition) is 3. The van der Waals surface area contributed by atoms with E-state index in [0.717, 1.165) is 11.0 Å². The zero-order valence-corrected chi connectivity index (χ0v) is 17.2. The molecule has 156 valence electrons. The summed E-state index contributed by atoms with van der Waals surface area (Å²) in [6.45, 7) is 7.92. The van der Waals surface area contributed by atoms with Crippen LogP contribution in [0, 0.1) is 0 Å². The summed E-state index contributed by atoms with van der Waals surface area (Å²) in [5, 5.41) is 14.5. The van der Waals surface area contributed by atoms with Crippen molar-refractivity contribution in [1.29, 1.82) is 0 Å². The maximum absolute atomic E-state index is 12.2. The van der Waals surface area contributed by atoms with Crippen LogP contribution in [0.4, 0.5) is 0 Å². The third-order valence-corrected chi connectivity index (χ3v) is 5.87. The summed E-state index contributed by atoms with van der Waals surface area (Å²) in [6, 6.07) is 5.54. The molecule has 0 bridgehead atoms. The molecule has 3 rings (SSSR count). The molecule has 2 atom stereocenters. The van der Waals surface area contributed by atoms with Crippen molar-refractivity contribution < 1.29 is 28.8 Å². The van der Waals surface area contributed by atoms with Crippen LogP contribution in [0.1, 0.15) is 46.1 Å². The molecule has 2 heterocycles. The number of carboxylic acids is 1.